The first-order valence-corrected chi connectivity index (χ1v) is 7.59. The summed E-state index contributed by atoms with van der Waals surface area (Å²) in [5, 5.41) is 12.0. The predicted octanol–water partition coefficient (Wildman–Crippen LogP) is 0.351. The monoisotopic (exact) mass is 302 g/mol. The molecule has 0 aromatic carbocycles. The fourth-order valence-corrected chi connectivity index (χ4v) is 2.72. The summed E-state index contributed by atoms with van der Waals surface area (Å²) in [6.07, 6.45) is 9.23. The number of ether oxygens (including phenoxy) is 1. The second-order valence-corrected chi connectivity index (χ2v) is 5.81. The first kappa shape index (κ1) is 13.4. The van der Waals surface area contributed by atoms with Crippen molar-refractivity contribution in [2.24, 2.45) is 0 Å². The number of aromatic nitrogens is 5. The maximum atomic E-state index is 12.6. The Bertz CT molecular complexity index is 648. The molecule has 2 fully saturated rings. The third-order valence-electron chi connectivity index (χ3n) is 4.06. The van der Waals surface area contributed by atoms with Crippen molar-refractivity contribution >= 4 is 5.91 Å². The van der Waals surface area contributed by atoms with Crippen LogP contribution in [0.25, 0.3) is 0 Å². The van der Waals surface area contributed by atoms with E-state index in [0.717, 1.165) is 12.8 Å². The van der Waals surface area contributed by atoms with Crippen molar-refractivity contribution in [3.63, 3.8) is 0 Å². The van der Waals surface area contributed by atoms with E-state index in [-0.39, 0.29) is 12.0 Å². The fraction of sp³-hybridized carbons (Fsp3) is 0.571. The molecule has 1 aliphatic heterocycles. The molecule has 1 saturated heterocycles. The molecule has 1 amide bonds. The number of morpholine rings is 1. The summed E-state index contributed by atoms with van der Waals surface area (Å²) in [4.78, 5) is 14.4. The Morgan fingerprint density at radius 1 is 1.41 bits per heavy atom. The number of carbonyl (C=O) groups is 1. The van der Waals surface area contributed by atoms with Crippen LogP contribution in [0.2, 0.25) is 0 Å². The normalized spacial score (nSPS) is 22.0. The van der Waals surface area contributed by atoms with Gasteiger partial charge in [0.15, 0.2) is 0 Å². The second kappa shape index (κ2) is 5.53. The highest BCUT2D eigenvalue weighted by molar-refractivity contribution is 5.93. The molecule has 8 heteroatoms. The Balaban J connectivity index is 1.41. The van der Waals surface area contributed by atoms with Crippen LogP contribution in [0.15, 0.2) is 24.8 Å². The minimum Gasteiger partial charge on any atom is -0.373 e. The Labute approximate surface area is 127 Å². The van der Waals surface area contributed by atoms with Gasteiger partial charge in [-0.1, -0.05) is 5.21 Å². The van der Waals surface area contributed by atoms with Crippen molar-refractivity contribution in [3.8, 4) is 0 Å². The van der Waals surface area contributed by atoms with Gasteiger partial charge in [-0.3, -0.25) is 9.48 Å². The molecule has 8 nitrogen and oxygen atoms in total. The number of amides is 1. The molecule has 2 aromatic rings. The number of nitrogens with zero attached hydrogens (tertiary/aromatic N) is 6. The van der Waals surface area contributed by atoms with Gasteiger partial charge >= 0.3 is 0 Å². The van der Waals surface area contributed by atoms with Gasteiger partial charge in [0.25, 0.3) is 5.91 Å². The highest BCUT2D eigenvalue weighted by Crippen LogP contribution is 2.34. The van der Waals surface area contributed by atoms with Gasteiger partial charge in [0.05, 0.1) is 43.3 Å². The SMILES string of the molecule is O=C(c1cnn(C2CC2)c1)N1CCOC(Cn2ccnn2)C1. The van der Waals surface area contributed by atoms with Gasteiger partial charge in [-0.25, -0.2) is 4.68 Å². The van der Waals surface area contributed by atoms with Crippen molar-refractivity contribution in [2.45, 2.75) is 31.5 Å². The zero-order chi connectivity index (χ0) is 14.9. The highest BCUT2D eigenvalue weighted by atomic mass is 16.5. The molecule has 2 aromatic heterocycles. The molecule has 1 unspecified atom stereocenters. The quantitative estimate of drug-likeness (QED) is 0.814. The van der Waals surface area contributed by atoms with Crippen molar-refractivity contribution in [1.82, 2.24) is 29.7 Å². The summed E-state index contributed by atoms with van der Waals surface area (Å²) in [5.74, 6) is 0.0267. The molecule has 0 radical (unpaired) electrons. The maximum absolute atomic E-state index is 12.6. The van der Waals surface area contributed by atoms with E-state index in [4.69, 9.17) is 4.74 Å². The lowest BCUT2D eigenvalue weighted by Gasteiger charge is -2.32. The molecule has 3 heterocycles. The Kier molecular flexibility index (Phi) is 3.38. The zero-order valence-electron chi connectivity index (χ0n) is 12.2. The summed E-state index contributed by atoms with van der Waals surface area (Å²) in [7, 11) is 0. The van der Waals surface area contributed by atoms with E-state index >= 15 is 0 Å². The fourth-order valence-electron chi connectivity index (χ4n) is 2.72. The van der Waals surface area contributed by atoms with Crippen LogP contribution in [0.1, 0.15) is 29.2 Å². The van der Waals surface area contributed by atoms with Crippen molar-refractivity contribution in [3.05, 3.63) is 30.4 Å². The smallest absolute Gasteiger partial charge is 0.257 e. The van der Waals surface area contributed by atoms with E-state index in [1.165, 1.54) is 0 Å². The van der Waals surface area contributed by atoms with Crippen LogP contribution in [0.3, 0.4) is 0 Å². The first-order chi connectivity index (χ1) is 10.8. The van der Waals surface area contributed by atoms with E-state index in [0.29, 0.717) is 37.8 Å². The summed E-state index contributed by atoms with van der Waals surface area (Å²) in [6.45, 7) is 2.32. The van der Waals surface area contributed by atoms with Crippen LogP contribution in [-0.2, 0) is 11.3 Å². The molecule has 1 atom stereocenters. The van der Waals surface area contributed by atoms with E-state index < -0.39 is 0 Å². The predicted molar refractivity (Wildman–Crippen MR) is 76.2 cm³/mol. The summed E-state index contributed by atoms with van der Waals surface area (Å²) in [6, 6.07) is 0.492. The topological polar surface area (TPSA) is 78.1 Å². The lowest BCUT2D eigenvalue weighted by Crippen LogP contribution is -2.47. The minimum atomic E-state index is -0.0575. The van der Waals surface area contributed by atoms with Crippen molar-refractivity contribution in [2.75, 3.05) is 19.7 Å². The lowest BCUT2D eigenvalue weighted by atomic mass is 10.2. The van der Waals surface area contributed by atoms with E-state index in [1.54, 1.807) is 23.3 Å². The molecular formula is C14H18N6O2. The molecule has 4 rings (SSSR count). The van der Waals surface area contributed by atoms with Crippen LogP contribution in [0.5, 0.6) is 0 Å². The van der Waals surface area contributed by atoms with Gasteiger partial charge < -0.3 is 9.64 Å². The third-order valence-corrected chi connectivity index (χ3v) is 4.06. The zero-order valence-corrected chi connectivity index (χ0v) is 12.2. The Morgan fingerprint density at radius 2 is 2.32 bits per heavy atom. The van der Waals surface area contributed by atoms with E-state index in [9.17, 15) is 4.79 Å². The van der Waals surface area contributed by atoms with Crippen molar-refractivity contribution < 1.29 is 9.53 Å². The number of carbonyl (C=O) groups excluding carboxylic acids is 1. The average Bonchev–Trinajstić information content (AvgIpc) is 3.06. The minimum absolute atomic E-state index is 0.0267. The molecule has 1 saturated carbocycles. The number of rotatable bonds is 4. The van der Waals surface area contributed by atoms with Crippen LogP contribution in [0, 0.1) is 0 Å². The molecular weight excluding hydrogens is 284 g/mol. The molecule has 0 spiro atoms. The standard InChI is InChI=1S/C14H18N6O2/c21-14(11-7-16-20(8-11)12-1-2-12)18-5-6-22-13(9-18)10-19-4-3-15-17-19/h3-4,7-8,12-13H,1-2,5-6,9-10H2. The van der Waals surface area contributed by atoms with Gasteiger partial charge in [0, 0.05) is 25.5 Å². The van der Waals surface area contributed by atoms with Gasteiger partial charge in [0.2, 0.25) is 0 Å². The molecule has 1 aliphatic carbocycles. The average molecular weight is 302 g/mol. The number of hydrogen-bond donors (Lipinski definition) is 0. The highest BCUT2D eigenvalue weighted by Gasteiger charge is 2.28. The molecule has 0 N–H and O–H groups in total. The van der Waals surface area contributed by atoms with Gasteiger partial charge in [-0.05, 0) is 12.8 Å². The van der Waals surface area contributed by atoms with Gasteiger partial charge in [0.1, 0.15) is 0 Å². The van der Waals surface area contributed by atoms with E-state index in [2.05, 4.69) is 15.4 Å². The first-order valence-electron chi connectivity index (χ1n) is 7.59. The molecule has 116 valence electrons. The maximum Gasteiger partial charge on any atom is 0.257 e. The van der Waals surface area contributed by atoms with Gasteiger partial charge in [-0.2, -0.15) is 5.10 Å². The summed E-state index contributed by atoms with van der Waals surface area (Å²) < 4.78 is 9.35. The van der Waals surface area contributed by atoms with Crippen LogP contribution >= 0.6 is 0 Å². The van der Waals surface area contributed by atoms with E-state index in [1.807, 2.05) is 15.8 Å². The van der Waals surface area contributed by atoms with Crippen molar-refractivity contribution in [1.29, 1.82) is 0 Å². The van der Waals surface area contributed by atoms with Crippen LogP contribution < -0.4 is 0 Å². The Morgan fingerprint density at radius 3 is 3.09 bits per heavy atom. The van der Waals surface area contributed by atoms with Crippen LogP contribution in [-0.4, -0.2) is 61.4 Å². The second-order valence-electron chi connectivity index (χ2n) is 5.81. The number of hydrogen-bond acceptors (Lipinski definition) is 5. The molecule has 22 heavy (non-hydrogen) atoms. The summed E-state index contributed by atoms with van der Waals surface area (Å²) in [5.41, 5.74) is 0.660. The molecule has 0 bridgehead atoms. The van der Waals surface area contributed by atoms with Crippen LogP contribution in [0.4, 0.5) is 0 Å². The Hall–Kier alpha value is -2.22. The van der Waals surface area contributed by atoms with Gasteiger partial charge in [-0.15, -0.1) is 5.10 Å². The largest absolute Gasteiger partial charge is 0.373 e. The molecule has 2 aliphatic rings. The lowest BCUT2D eigenvalue weighted by molar-refractivity contribution is -0.0301. The third kappa shape index (κ3) is 2.74. The summed E-state index contributed by atoms with van der Waals surface area (Å²) >= 11 is 0.